The molecule has 0 spiro atoms. The molecule has 6 nitrogen and oxygen atoms in total. The van der Waals surface area contributed by atoms with Gasteiger partial charge in [0.25, 0.3) is 0 Å². The lowest BCUT2D eigenvalue weighted by molar-refractivity contribution is 0.397. The zero-order valence-electron chi connectivity index (χ0n) is 14.8. The van der Waals surface area contributed by atoms with Gasteiger partial charge in [-0.05, 0) is 29.7 Å². The first-order valence-corrected chi connectivity index (χ1v) is 7.82. The summed E-state index contributed by atoms with van der Waals surface area (Å²) in [7, 11) is 5.05. The first-order chi connectivity index (χ1) is 11.8. The second kappa shape index (κ2) is 11.5. The Bertz CT molecular complexity index is 680. The summed E-state index contributed by atoms with van der Waals surface area (Å²) in [6.07, 6.45) is 2.58. The van der Waals surface area contributed by atoms with Crippen LogP contribution in [-0.4, -0.2) is 38.8 Å². The van der Waals surface area contributed by atoms with E-state index in [2.05, 4.69) is 26.7 Å². The number of hydrogen-bond donors (Lipinski definition) is 2. The minimum atomic E-state index is 0. The normalized spacial score (nSPS) is 10.6. The molecule has 0 radical (unpaired) electrons. The summed E-state index contributed by atoms with van der Waals surface area (Å²) in [5, 5.41) is 6.58. The standard InChI is InChI=1S/C18H24N4O2.HI/c1-19-18(22-13-14-8-10-20-17(12-14)24-3)21-11-9-15-6-4-5-7-16(15)23-2;/h4-8,10,12H,9,11,13H2,1-3H3,(H2,19,21,22);1H. The number of aliphatic imine (C=N–C) groups is 1. The van der Waals surface area contributed by atoms with E-state index in [9.17, 15) is 0 Å². The molecule has 0 atom stereocenters. The third kappa shape index (κ3) is 6.77. The number of nitrogens with zero attached hydrogens (tertiary/aromatic N) is 2. The van der Waals surface area contributed by atoms with Crippen LogP contribution in [0.25, 0.3) is 0 Å². The topological polar surface area (TPSA) is 67.8 Å². The van der Waals surface area contributed by atoms with E-state index < -0.39 is 0 Å². The third-order valence-corrected chi connectivity index (χ3v) is 3.57. The molecule has 0 saturated carbocycles. The molecule has 136 valence electrons. The smallest absolute Gasteiger partial charge is 0.213 e. The number of para-hydroxylation sites is 1. The van der Waals surface area contributed by atoms with E-state index in [0.29, 0.717) is 12.4 Å². The van der Waals surface area contributed by atoms with Crippen molar-refractivity contribution < 1.29 is 9.47 Å². The van der Waals surface area contributed by atoms with E-state index in [1.54, 1.807) is 27.5 Å². The second-order valence-electron chi connectivity index (χ2n) is 5.12. The molecule has 0 aliphatic heterocycles. The quantitative estimate of drug-likeness (QED) is 0.381. The van der Waals surface area contributed by atoms with Gasteiger partial charge in [0.15, 0.2) is 5.96 Å². The molecule has 2 N–H and O–H groups in total. The fourth-order valence-corrected chi connectivity index (χ4v) is 2.30. The van der Waals surface area contributed by atoms with Crippen molar-refractivity contribution in [3.8, 4) is 11.6 Å². The maximum atomic E-state index is 5.36. The zero-order chi connectivity index (χ0) is 17.2. The number of aromatic nitrogens is 1. The molecule has 2 aromatic rings. The summed E-state index contributed by atoms with van der Waals surface area (Å²) in [6, 6.07) is 11.9. The maximum Gasteiger partial charge on any atom is 0.213 e. The van der Waals surface area contributed by atoms with Crippen molar-refractivity contribution in [3.05, 3.63) is 53.7 Å². The van der Waals surface area contributed by atoms with Gasteiger partial charge in [0.1, 0.15) is 5.75 Å². The van der Waals surface area contributed by atoms with E-state index in [1.165, 1.54) is 5.56 Å². The highest BCUT2D eigenvalue weighted by atomic mass is 127. The minimum absolute atomic E-state index is 0. The summed E-state index contributed by atoms with van der Waals surface area (Å²) < 4.78 is 10.5. The number of pyridine rings is 1. The van der Waals surface area contributed by atoms with Crippen LogP contribution >= 0.6 is 24.0 Å². The van der Waals surface area contributed by atoms with E-state index in [-0.39, 0.29) is 24.0 Å². The Kier molecular flexibility index (Phi) is 9.68. The van der Waals surface area contributed by atoms with Crippen LogP contribution in [-0.2, 0) is 13.0 Å². The van der Waals surface area contributed by atoms with Crippen LogP contribution in [0, 0.1) is 0 Å². The highest BCUT2D eigenvalue weighted by Gasteiger charge is 2.03. The zero-order valence-corrected chi connectivity index (χ0v) is 17.1. The van der Waals surface area contributed by atoms with Crippen LogP contribution in [0.15, 0.2) is 47.6 Å². The number of hydrogen-bond acceptors (Lipinski definition) is 4. The van der Waals surface area contributed by atoms with E-state index in [0.717, 1.165) is 30.2 Å². The Labute approximate surface area is 166 Å². The number of nitrogens with one attached hydrogen (secondary N) is 2. The Morgan fingerprint density at radius 3 is 2.64 bits per heavy atom. The van der Waals surface area contributed by atoms with Crippen LogP contribution < -0.4 is 20.1 Å². The fourth-order valence-electron chi connectivity index (χ4n) is 2.30. The van der Waals surface area contributed by atoms with E-state index >= 15 is 0 Å². The fraction of sp³-hybridized carbons (Fsp3) is 0.333. The van der Waals surface area contributed by atoms with Crippen LogP contribution in [0.4, 0.5) is 0 Å². The summed E-state index contributed by atoms with van der Waals surface area (Å²) in [5.74, 6) is 2.26. The Balaban J connectivity index is 0.00000312. The van der Waals surface area contributed by atoms with Gasteiger partial charge in [-0.3, -0.25) is 4.99 Å². The molecule has 0 bridgehead atoms. The van der Waals surface area contributed by atoms with Crippen LogP contribution in [0.5, 0.6) is 11.6 Å². The lowest BCUT2D eigenvalue weighted by Gasteiger charge is -2.13. The number of halogens is 1. The first-order valence-electron chi connectivity index (χ1n) is 7.82. The molecule has 1 aromatic carbocycles. The molecule has 25 heavy (non-hydrogen) atoms. The summed E-state index contributed by atoms with van der Waals surface area (Å²) in [4.78, 5) is 8.33. The van der Waals surface area contributed by atoms with Crippen LogP contribution in [0.2, 0.25) is 0 Å². The van der Waals surface area contributed by atoms with Crippen LogP contribution in [0.1, 0.15) is 11.1 Å². The molecular formula is C18H25IN4O2. The molecule has 0 amide bonds. The van der Waals surface area contributed by atoms with Crippen molar-refractivity contribution in [1.82, 2.24) is 15.6 Å². The molecule has 0 aliphatic carbocycles. The van der Waals surface area contributed by atoms with Gasteiger partial charge in [0.2, 0.25) is 5.88 Å². The third-order valence-electron chi connectivity index (χ3n) is 3.57. The Morgan fingerprint density at radius 1 is 1.12 bits per heavy atom. The lowest BCUT2D eigenvalue weighted by Crippen LogP contribution is -2.37. The van der Waals surface area contributed by atoms with Gasteiger partial charge < -0.3 is 20.1 Å². The number of guanidine groups is 1. The highest BCUT2D eigenvalue weighted by molar-refractivity contribution is 14.0. The summed E-state index contributed by atoms with van der Waals surface area (Å²) in [5.41, 5.74) is 2.25. The maximum absolute atomic E-state index is 5.36. The average molecular weight is 456 g/mol. The summed E-state index contributed by atoms with van der Waals surface area (Å²) >= 11 is 0. The number of benzene rings is 1. The molecule has 1 heterocycles. The van der Waals surface area contributed by atoms with Gasteiger partial charge in [-0.1, -0.05) is 18.2 Å². The van der Waals surface area contributed by atoms with Gasteiger partial charge in [0, 0.05) is 32.4 Å². The number of methoxy groups -OCH3 is 2. The minimum Gasteiger partial charge on any atom is -0.496 e. The number of ether oxygens (including phenoxy) is 2. The largest absolute Gasteiger partial charge is 0.496 e. The predicted molar refractivity (Wildman–Crippen MR) is 111 cm³/mol. The highest BCUT2D eigenvalue weighted by Crippen LogP contribution is 2.17. The molecule has 0 unspecified atom stereocenters. The van der Waals surface area contributed by atoms with Gasteiger partial charge in [-0.2, -0.15) is 0 Å². The molecular weight excluding hydrogens is 431 g/mol. The van der Waals surface area contributed by atoms with Crippen molar-refractivity contribution in [2.24, 2.45) is 4.99 Å². The monoisotopic (exact) mass is 456 g/mol. The summed E-state index contributed by atoms with van der Waals surface area (Å²) in [6.45, 7) is 1.41. The SMILES string of the molecule is CN=C(NCCc1ccccc1OC)NCc1ccnc(OC)c1.I. The first kappa shape index (κ1) is 21.0. The lowest BCUT2D eigenvalue weighted by atomic mass is 10.1. The number of rotatable bonds is 7. The van der Waals surface area contributed by atoms with Gasteiger partial charge in [0.05, 0.1) is 14.2 Å². The van der Waals surface area contributed by atoms with Crippen molar-refractivity contribution in [3.63, 3.8) is 0 Å². The van der Waals surface area contributed by atoms with Gasteiger partial charge in [-0.15, -0.1) is 24.0 Å². The van der Waals surface area contributed by atoms with E-state index in [1.807, 2.05) is 30.3 Å². The molecule has 7 heteroatoms. The second-order valence-corrected chi connectivity index (χ2v) is 5.12. The predicted octanol–water partition coefficient (Wildman–Crippen LogP) is 2.62. The van der Waals surface area contributed by atoms with E-state index in [4.69, 9.17) is 9.47 Å². The Morgan fingerprint density at radius 2 is 1.92 bits per heavy atom. The van der Waals surface area contributed by atoms with Gasteiger partial charge in [-0.25, -0.2) is 4.98 Å². The molecule has 2 rings (SSSR count). The van der Waals surface area contributed by atoms with Crippen molar-refractivity contribution in [2.75, 3.05) is 27.8 Å². The molecule has 0 fully saturated rings. The Hall–Kier alpha value is -2.03. The van der Waals surface area contributed by atoms with Crippen LogP contribution in [0.3, 0.4) is 0 Å². The molecule has 0 saturated heterocycles. The average Bonchev–Trinajstić information content (AvgIpc) is 2.65. The molecule has 0 aliphatic rings. The molecule has 1 aromatic heterocycles. The van der Waals surface area contributed by atoms with Gasteiger partial charge >= 0.3 is 0 Å². The van der Waals surface area contributed by atoms with Crippen molar-refractivity contribution in [1.29, 1.82) is 0 Å². The van der Waals surface area contributed by atoms with Crippen molar-refractivity contribution >= 4 is 29.9 Å². The van der Waals surface area contributed by atoms with Crippen molar-refractivity contribution in [2.45, 2.75) is 13.0 Å².